The summed E-state index contributed by atoms with van der Waals surface area (Å²) in [5.74, 6) is -0.374. The van der Waals surface area contributed by atoms with Crippen molar-refractivity contribution in [3.63, 3.8) is 0 Å². The number of amides is 2. The minimum absolute atomic E-state index is 0.0426. The molecular weight excluding hydrogens is 603 g/mol. The van der Waals surface area contributed by atoms with Gasteiger partial charge in [0.05, 0.1) is 24.0 Å². The lowest BCUT2D eigenvalue weighted by molar-refractivity contribution is -0.117. The van der Waals surface area contributed by atoms with Gasteiger partial charge in [0, 0.05) is 33.8 Å². The van der Waals surface area contributed by atoms with E-state index in [1.807, 2.05) is 36.4 Å². The summed E-state index contributed by atoms with van der Waals surface area (Å²) >= 11 is 12.8. The molecule has 0 bridgehead atoms. The molecule has 1 aliphatic rings. The second-order valence-electron chi connectivity index (χ2n) is 10.0. The van der Waals surface area contributed by atoms with E-state index in [1.54, 1.807) is 48.5 Å². The van der Waals surface area contributed by atoms with Crippen LogP contribution in [0.1, 0.15) is 29.2 Å². The van der Waals surface area contributed by atoms with Crippen LogP contribution in [0.5, 0.6) is 0 Å². The molecule has 0 radical (unpaired) electrons. The van der Waals surface area contributed by atoms with Gasteiger partial charge in [0.2, 0.25) is 5.91 Å². The maximum atomic E-state index is 13.5. The molecular formula is C31H24Cl2N8O3. The number of methoxy groups -OCH3 is 1. The minimum Gasteiger partial charge on any atom is -0.453 e. The molecule has 2 amide bonds. The number of nitrogens with one attached hydrogen (secondary N) is 2. The Morgan fingerprint density at radius 3 is 2.55 bits per heavy atom. The number of hydrogen-bond acceptors (Lipinski definition) is 8. The topological polar surface area (TPSA) is 137 Å². The molecule has 11 nitrogen and oxygen atoms in total. The Balaban J connectivity index is 1.31. The molecule has 2 N–H and O–H groups in total. The molecule has 2 atom stereocenters. The lowest BCUT2D eigenvalue weighted by Crippen LogP contribution is -2.36. The van der Waals surface area contributed by atoms with Gasteiger partial charge in [-0.25, -0.2) is 4.79 Å². The van der Waals surface area contributed by atoms with Crippen LogP contribution in [0.4, 0.5) is 10.5 Å². The fraction of sp³-hybridized carbons (Fsp3) is 0.129. The number of tetrazole rings is 1. The Morgan fingerprint density at radius 2 is 1.82 bits per heavy atom. The van der Waals surface area contributed by atoms with E-state index in [-0.39, 0.29) is 17.0 Å². The molecule has 0 aliphatic heterocycles. The molecule has 1 saturated carbocycles. The maximum absolute atomic E-state index is 13.5. The van der Waals surface area contributed by atoms with E-state index in [0.29, 0.717) is 39.6 Å². The molecule has 13 heteroatoms. The van der Waals surface area contributed by atoms with Gasteiger partial charge in [-0.05, 0) is 70.4 Å². The van der Waals surface area contributed by atoms with Crippen LogP contribution in [0.15, 0.2) is 91.3 Å². The SMILES string of the molecule is COC(=O)Nc1ccc(-c2cc([C@@]3(NC(=O)/C=C/c4cc(Cl)ccc4-n4cnnn4)CC3c3ccccc3)nnc2Cl)cc1. The van der Waals surface area contributed by atoms with Crippen LogP contribution in [0.25, 0.3) is 22.9 Å². The van der Waals surface area contributed by atoms with Crippen molar-refractivity contribution in [2.24, 2.45) is 0 Å². The molecule has 5 aromatic rings. The monoisotopic (exact) mass is 626 g/mol. The van der Waals surface area contributed by atoms with Gasteiger partial charge in [-0.3, -0.25) is 10.1 Å². The molecule has 1 aliphatic carbocycles. The van der Waals surface area contributed by atoms with Crippen molar-refractivity contribution >= 4 is 47.0 Å². The van der Waals surface area contributed by atoms with Crippen LogP contribution in [0.3, 0.4) is 0 Å². The number of hydrogen-bond donors (Lipinski definition) is 2. The van der Waals surface area contributed by atoms with E-state index in [9.17, 15) is 9.59 Å². The summed E-state index contributed by atoms with van der Waals surface area (Å²) in [4.78, 5) is 25.1. The number of aromatic nitrogens is 6. The molecule has 1 unspecified atom stereocenters. The third kappa shape index (κ3) is 6.01. The van der Waals surface area contributed by atoms with Crippen molar-refractivity contribution in [2.75, 3.05) is 12.4 Å². The van der Waals surface area contributed by atoms with Gasteiger partial charge < -0.3 is 10.1 Å². The summed E-state index contributed by atoms with van der Waals surface area (Å²) in [6, 6.07) is 24.1. The lowest BCUT2D eigenvalue weighted by Gasteiger charge is -2.19. The second-order valence-corrected chi connectivity index (χ2v) is 10.8. The summed E-state index contributed by atoms with van der Waals surface area (Å²) in [6.07, 6.45) is 4.61. The molecule has 3 aromatic carbocycles. The zero-order valence-corrected chi connectivity index (χ0v) is 24.7. The summed E-state index contributed by atoms with van der Waals surface area (Å²) in [5, 5.41) is 26.5. The van der Waals surface area contributed by atoms with Crippen molar-refractivity contribution < 1.29 is 14.3 Å². The first kappa shape index (κ1) is 29.0. The number of anilines is 1. The zero-order chi connectivity index (χ0) is 30.7. The van der Waals surface area contributed by atoms with Crippen LogP contribution in [-0.2, 0) is 15.1 Å². The first-order valence-electron chi connectivity index (χ1n) is 13.4. The van der Waals surface area contributed by atoms with Crippen LogP contribution in [0, 0.1) is 0 Å². The van der Waals surface area contributed by atoms with Crippen molar-refractivity contribution in [2.45, 2.75) is 17.9 Å². The van der Waals surface area contributed by atoms with Crippen LogP contribution < -0.4 is 10.6 Å². The Kier molecular flexibility index (Phi) is 8.05. The molecule has 1 fully saturated rings. The number of benzene rings is 3. The molecule has 0 spiro atoms. The zero-order valence-electron chi connectivity index (χ0n) is 23.2. The number of carbonyl (C=O) groups is 2. The predicted octanol–water partition coefficient (Wildman–Crippen LogP) is 5.82. The van der Waals surface area contributed by atoms with Gasteiger partial charge in [-0.15, -0.1) is 10.2 Å². The van der Waals surface area contributed by atoms with E-state index in [0.717, 1.165) is 11.1 Å². The van der Waals surface area contributed by atoms with E-state index in [2.05, 4.69) is 41.1 Å². The Bertz CT molecular complexity index is 1850. The Labute approximate surface area is 261 Å². The first-order chi connectivity index (χ1) is 21.4. The summed E-state index contributed by atoms with van der Waals surface area (Å²) in [6.45, 7) is 0. The largest absolute Gasteiger partial charge is 0.453 e. The average Bonchev–Trinajstić information content (AvgIpc) is 3.49. The molecule has 2 heterocycles. The van der Waals surface area contributed by atoms with Gasteiger partial charge >= 0.3 is 6.09 Å². The molecule has 2 aromatic heterocycles. The fourth-order valence-electron chi connectivity index (χ4n) is 5.10. The number of nitrogens with zero attached hydrogens (tertiary/aromatic N) is 6. The highest BCUT2D eigenvalue weighted by atomic mass is 35.5. The van der Waals surface area contributed by atoms with Crippen LogP contribution in [0.2, 0.25) is 10.2 Å². The van der Waals surface area contributed by atoms with Crippen molar-refractivity contribution in [3.05, 3.63) is 118 Å². The third-order valence-corrected chi connectivity index (χ3v) is 7.86. The highest BCUT2D eigenvalue weighted by molar-refractivity contribution is 6.32. The number of rotatable bonds is 8. The van der Waals surface area contributed by atoms with E-state index >= 15 is 0 Å². The van der Waals surface area contributed by atoms with E-state index in [1.165, 1.54) is 24.2 Å². The third-order valence-electron chi connectivity index (χ3n) is 7.34. The smallest absolute Gasteiger partial charge is 0.411 e. The van der Waals surface area contributed by atoms with Gasteiger partial charge in [0.1, 0.15) is 6.33 Å². The summed E-state index contributed by atoms with van der Waals surface area (Å²) < 4.78 is 6.14. The van der Waals surface area contributed by atoms with E-state index in [4.69, 9.17) is 23.2 Å². The van der Waals surface area contributed by atoms with Gasteiger partial charge in [-0.2, -0.15) is 9.78 Å². The van der Waals surface area contributed by atoms with Crippen LogP contribution >= 0.6 is 23.2 Å². The average molecular weight is 627 g/mol. The van der Waals surface area contributed by atoms with Crippen LogP contribution in [-0.4, -0.2) is 49.5 Å². The summed E-state index contributed by atoms with van der Waals surface area (Å²) in [7, 11) is 1.30. The normalized spacial score (nSPS) is 17.3. The summed E-state index contributed by atoms with van der Waals surface area (Å²) in [5.41, 5.74) is 4.07. The number of ether oxygens (including phenoxy) is 1. The minimum atomic E-state index is -0.825. The lowest BCUT2D eigenvalue weighted by atomic mass is 10.00. The highest BCUT2D eigenvalue weighted by Crippen LogP contribution is 2.58. The highest BCUT2D eigenvalue weighted by Gasteiger charge is 2.58. The molecule has 6 rings (SSSR count). The fourth-order valence-corrected chi connectivity index (χ4v) is 5.48. The van der Waals surface area contributed by atoms with Crippen molar-refractivity contribution in [1.82, 2.24) is 35.7 Å². The Morgan fingerprint density at radius 1 is 1.02 bits per heavy atom. The second kappa shape index (κ2) is 12.2. The molecule has 0 saturated heterocycles. The quantitative estimate of drug-likeness (QED) is 0.206. The van der Waals surface area contributed by atoms with E-state index < -0.39 is 11.6 Å². The Hall–Kier alpha value is -5.13. The predicted molar refractivity (Wildman–Crippen MR) is 165 cm³/mol. The number of halogens is 2. The van der Waals surface area contributed by atoms with Crippen molar-refractivity contribution in [1.29, 1.82) is 0 Å². The van der Waals surface area contributed by atoms with Gasteiger partial charge in [0.25, 0.3) is 0 Å². The first-order valence-corrected chi connectivity index (χ1v) is 14.2. The van der Waals surface area contributed by atoms with Gasteiger partial charge in [-0.1, -0.05) is 65.7 Å². The van der Waals surface area contributed by atoms with Gasteiger partial charge in [0.15, 0.2) is 5.15 Å². The maximum Gasteiger partial charge on any atom is 0.411 e. The standard InChI is InChI=1S/C31H24Cl2N8O3/c1-44-30(43)35-23-11-7-19(8-12-23)24-16-27(37-38-29(24)33)31(17-25(31)20-5-3-2-4-6-20)36-28(42)14-9-21-15-22(32)10-13-26(21)41-18-34-39-40-41/h2-16,18,25H,17H2,1H3,(H,35,43)(H,36,42)/b14-9+/t25?,31-/m1/s1. The van der Waals surface area contributed by atoms with Crippen molar-refractivity contribution in [3.8, 4) is 16.8 Å². The number of carbonyl (C=O) groups excluding carboxylic acids is 2. The molecule has 44 heavy (non-hydrogen) atoms. The molecule has 220 valence electrons.